The van der Waals surface area contributed by atoms with Crippen LogP contribution in [0.3, 0.4) is 0 Å². The van der Waals surface area contributed by atoms with E-state index in [1.54, 1.807) is 36.4 Å². The highest BCUT2D eigenvalue weighted by Crippen LogP contribution is 2.49. The first-order chi connectivity index (χ1) is 21.4. The predicted octanol–water partition coefficient (Wildman–Crippen LogP) is 6.95. The second-order valence-corrected chi connectivity index (χ2v) is 22.4. The fourth-order valence-electron chi connectivity index (χ4n) is 6.49. The Labute approximate surface area is 269 Å². The van der Waals surface area contributed by atoms with Crippen LogP contribution in [0.1, 0.15) is 31.9 Å². The molecule has 1 heterocycles. The quantitative estimate of drug-likeness (QED) is 0.167. The molecule has 4 aromatic carbocycles. The summed E-state index contributed by atoms with van der Waals surface area (Å²) < 4.78 is 63.0. The molecule has 0 saturated heterocycles. The summed E-state index contributed by atoms with van der Waals surface area (Å²) in [7, 11) is -10.9. The third-order valence-corrected chi connectivity index (χ3v) is 20.4. The van der Waals surface area contributed by atoms with E-state index in [2.05, 4.69) is 45.0 Å². The molecule has 5 nitrogen and oxygen atoms in total. The molecule has 1 aliphatic rings. The van der Waals surface area contributed by atoms with Crippen molar-refractivity contribution >= 4 is 46.6 Å². The third kappa shape index (κ3) is 5.18. The lowest BCUT2D eigenvalue weighted by molar-refractivity contribution is 0.518. The SMILES string of the molecule is CC(C)(C)[Si](Oc1cc2c(cp1)CC(S(=O)(=O)c1ccccc1)(S(=O)(=O)c1ccccc1)C2)(c1ccccc1)c1ccccc1. The normalized spacial score (nSPS) is 15.1. The van der Waals surface area contributed by atoms with Gasteiger partial charge in [0.1, 0.15) is 5.48 Å². The monoisotopic (exact) mass is 670 g/mol. The second-order valence-electron chi connectivity index (χ2n) is 12.5. The summed E-state index contributed by atoms with van der Waals surface area (Å²) in [4.78, 5) is -0.00987. The molecule has 0 spiro atoms. The van der Waals surface area contributed by atoms with Gasteiger partial charge in [-0.1, -0.05) is 118 Å². The number of hydrogen-bond donors (Lipinski definition) is 0. The minimum absolute atomic E-state index is 0.00494. The third-order valence-electron chi connectivity index (χ3n) is 8.74. The second kappa shape index (κ2) is 11.7. The highest BCUT2D eigenvalue weighted by Gasteiger charge is 2.59. The van der Waals surface area contributed by atoms with Crippen LogP contribution in [0.15, 0.2) is 143 Å². The lowest BCUT2D eigenvalue weighted by Crippen LogP contribution is -2.68. The predicted molar refractivity (Wildman–Crippen MR) is 185 cm³/mol. The molecule has 1 aliphatic carbocycles. The number of fused-ring (bicyclic) bond motifs is 1. The van der Waals surface area contributed by atoms with Crippen LogP contribution in [0, 0.1) is 0 Å². The molecule has 0 fully saturated rings. The summed E-state index contributed by atoms with van der Waals surface area (Å²) in [6.07, 6.45) is -0.302. The number of benzene rings is 4. The zero-order valence-electron chi connectivity index (χ0n) is 25.4. The Kier molecular flexibility index (Phi) is 8.15. The van der Waals surface area contributed by atoms with Crippen LogP contribution in [0.4, 0.5) is 0 Å². The number of sulfone groups is 2. The molecule has 0 saturated carbocycles. The van der Waals surface area contributed by atoms with Crippen LogP contribution in [-0.2, 0) is 32.5 Å². The van der Waals surface area contributed by atoms with E-state index >= 15 is 0 Å². The van der Waals surface area contributed by atoms with Crippen LogP contribution in [0.2, 0.25) is 5.04 Å². The maximum atomic E-state index is 14.5. The van der Waals surface area contributed by atoms with E-state index in [4.69, 9.17) is 4.43 Å². The van der Waals surface area contributed by atoms with Crippen molar-refractivity contribution < 1.29 is 21.3 Å². The van der Waals surface area contributed by atoms with E-state index < -0.39 is 32.1 Å². The standard InChI is InChI=1S/C36H35O5PS2Si/c1-35(2,3)45(32-20-12-6-13-21-32,33-22-14-7-15-23-33)41-34-24-28-25-36(26-29(28)27-42-34,43(37,38)30-16-8-4-9-17-30)44(39,40)31-18-10-5-11-19-31/h4-24,27H,25-26H2,1-3H3. The maximum Gasteiger partial charge on any atom is 0.320 e. The molecular weight excluding hydrogens is 636 g/mol. The van der Waals surface area contributed by atoms with Gasteiger partial charge in [0.05, 0.1) is 9.79 Å². The van der Waals surface area contributed by atoms with E-state index in [-0.39, 0.29) is 27.7 Å². The van der Waals surface area contributed by atoms with Gasteiger partial charge in [0.25, 0.3) is 0 Å². The number of rotatable bonds is 8. The molecule has 0 atom stereocenters. The molecule has 230 valence electrons. The summed E-state index contributed by atoms with van der Waals surface area (Å²) in [6, 6.07) is 38.4. The van der Waals surface area contributed by atoms with Crippen LogP contribution >= 0.6 is 8.19 Å². The average molecular weight is 671 g/mol. The summed E-state index contributed by atoms with van der Waals surface area (Å²) in [6.45, 7) is 6.61. The fraction of sp³-hybridized carbons (Fsp3) is 0.194. The Hall–Kier alpha value is -3.55. The number of hydrogen-bond acceptors (Lipinski definition) is 5. The van der Waals surface area contributed by atoms with Gasteiger partial charge in [-0.25, -0.2) is 16.8 Å². The van der Waals surface area contributed by atoms with E-state index in [0.717, 1.165) is 24.1 Å². The van der Waals surface area contributed by atoms with Crippen molar-refractivity contribution in [2.24, 2.45) is 0 Å². The molecule has 0 amide bonds. The largest absolute Gasteiger partial charge is 0.531 e. The Bertz CT molecular complexity index is 1920. The van der Waals surface area contributed by atoms with Crippen LogP contribution in [0.5, 0.6) is 5.48 Å². The van der Waals surface area contributed by atoms with Gasteiger partial charge in [-0.2, -0.15) is 0 Å². The summed E-state index contributed by atoms with van der Waals surface area (Å²) >= 11 is 0. The van der Waals surface area contributed by atoms with Crippen molar-refractivity contribution in [3.8, 4) is 5.48 Å². The zero-order valence-corrected chi connectivity index (χ0v) is 28.9. The summed E-state index contributed by atoms with van der Waals surface area (Å²) in [5.74, 6) is 1.94. The Morgan fingerprint density at radius 2 is 1.02 bits per heavy atom. The van der Waals surface area contributed by atoms with Gasteiger partial charge >= 0.3 is 8.32 Å². The van der Waals surface area contributed by atoms with Gasteiger partial charge in [0, 0.05) is 12.8 Å². The molecule has 9 heteroatoms. The van der Waals surface area contributed by atoms with Crippen molar-refractivity contribution in [2.75, 3.05) is 0 Å². The minimum Gasteiger partial charge on any atom is -0.531 e. The van der Waals surface area contributed by atoms with Crippen LogP contribution < -0.4 is 14.8 Å². The summed E-state index contributed by atoms with van der Waals surface area (Å²) in [5.41, 5.74) is 2.10. The van der Waals surface area contributed by atoms with Crippen molar-refractivity contribution in [3.63, 3.8) is 0 Å². The van der Waals surface area contributed by atoms with Gasteiger partial charge in [0.2, 0.25) is 0 Å². The fourth-order valence-corrected chi connectivity index (χ4v) is 17.2. The molecule has 0 unspecified atom stereocenters. The zero-order chi connectivity index (χ0) is 31.9. The summed E-state index contributed by atoms with van der Waals surface area (Å²) in [5, 5.41) is 1.98. The van der Waals surface area contributed by atoms with Crippen LogP contribution in [0.25, 0.3) is 0 Å². The van der Waals surface area contributed by atoms with Gasteiger partial charge in [-0.3, -0.25) is 0 Å². The van der Waals surface area contributed by atoms with E-state index in [9.17, 15) is 16.8 Å². The lowest BCUT2D eigenvalue weighted by Gasteiger charge is -2.42. The smallest absolute Gasteiger partial charge is 0.320 e. The topological polar surface area (TPSA) is 77.5 Å². The molecule has 0 aliphatic heterocycles. The Morgan fingerprint density at radius 1 is 0.622 bits per heavy atom. The molecule has 45 heavy (non-hydrogen) atoms. The Morgan fingerprint density at radius 3 is 1.44 bits per heavy atom. The van der Waals surface area contributed by atoms with Gasteiger partial charge in [-0.05, 0) is 70.9 Å². The first kappa shape index (κ1) is 31.4. The van der Waals surface area contributed by atoms with Gasteiger partial charge in [0.15, 0.2) is 23.8 Å². The van der Waals surface area contributed by atoms with E-state index in [1.165, 1.54) is 24.3 Å². The molecule has 1 aromatic heterocycles. The van der Waals surface area contributed by atoms with Gasteiger partial charge in [-0.15, -0.1) is 0 Å². The van der Waals surface area contributed by atoms with E-state index in [0.29, 0.717) is 11.0 Å². The molecule has 0 radical (unpaired) electrons. The molecule has 0 bridgehead atoms. The van der Waals surface area contributed by atoms with Gasteiger partial charge < -0.3 is 4.43 Å². The molecule has 5 aromatic rings. The molecule has 6 rings (SSSR count). The molecular formula is C36H35O5PS2Si. The van der Waals surface area contributed by atoms with Crippen molar-refractivity contribution in [1.29, 1.82) is 0 Å². The van der Waals surface area contributed by atoms with Crippen LogP contribution in [-0.4, -0.2) is 29.2 Å². The molecule has 0 N–H and O–H groups in total. The first-order valence-corrected chi connectivity index (χ1v) is 20.6. The first-order valence-electron chi connectivity index (χ1n) is 14.8. The van der Waals surface area contributed by atoms with E-state index in [1.807, 2.05) is 48.3 Å². The highest BCUT2D eigenvalue weighted by atomic mass is 32.3. The Balaban J connectivity index is 1.50. The average Bonchev–Trinajstić information content (AvgIpc) is 3.46. The minimum atomic E-state index is -4.34. The maximum absolute atomic E-state index is 14.5. The van der Waals surface area contributed by atoms with Crippen molar-refractivity contribution in [2.45, 2.75) is 52.5 Å². The highest BCUT2D eigenvalue weighted by molar-refractivity contribution is 8.10. The van der Waals surface area contributed by atoms with Crippen molar-refractivity contribution in [1.82, 2.24) is 0 Å². The van der Waals surface area contributed by atoms with Crippen molar-refractivity contribution in [3.05, 3.63) is 144 Å². The lowest BCUT2D eigenvalue weighted by atomic mass is 10.2.